The van der Waals surface area contributed by atoms with Crippen molar-refractivity contribution in [3.05, 3.63) is 23.3 Å². The molecule has 254 valence electrons. The predicted molar refractivity (Wildman–Crippen MR) is 174 cm³/mol. The highest BCUT2D eigenvalue weighted by Crippen LogP contribution is 2.40. The Morgan fingerprint density at radius 1 is 0.479 bits per heavy atom. The first-order chi connectivity index (χ1) is 22.7. The van der Waals surface area contributed by atoms with E-state index in [-0.39, 0.29) is 140 Å². The van der Waals surface area contributed by atoms with Crippen molar-refractivity contribution in [2.45, 2.75) is 64.7 Å². The van der Waals surface area contributed by atoms with E-state index in [1.54, 1.807) is 0 Å². The van der Waals surface area contributed by atoms with Crippen LogP contribution < -0.4 is 45.9 Å². The quantitative estimate of drug-likeness (QED) is 0.0646. The Kier molecular flexibility index (Phi) is 10.8. The van der Waals surface area contributed by atoms with Crippen LogP contribution in [0.1, 0.15) is 62.3 Å². The Morgan fingerprint density at radius 2 is 0.750 bits per heavy atom. The standard InChI is InChI=1S/C26H38N20O2/c1-11(47)10-26(8-6-15-39-22(31)45-23(32)40-15,9-7-16-41-24(33)46-25(34)42-16)17(48)12(2-4-13-35-18(27)43-19(28)36-13)3-5-14-37-20(29)44-21(30)38-14/h12H,2-10H2,1H3,(H4,27,28,35,36,43)(H4,29,30,37,38,44)(H4,31,32,39,40,45)(H4,33,34,41,42,46). The molecule has 4 aromatic rings. The fourth-order valence-corrected chi connectivity index (χ4v) is 5.53. The van der Waals surface area contributed by atoms with Gasteiger partial charge in [-0.2, -0.15) is 59.8 Å². The van der Waals surface area contributed by atoms with Gasteiger partial charge in [0, 0.05) is 43.4 Å². The highest BCUT2D eigenvalue weighted by Gasteiger charge is 2.42. The van der Waals surface area contributed by atoms with Crippen molar-refractivity contribution in [2.75, 3.05) is 45.9 Å². The maximum Gasteiger partial charge on any atom is 0.225 e. The van der Waals surface area contributed by atoms with E-state index in [4.69, 9.17) is 45.9 Å². The van der Waals surface area contributed by atoms with Crippen LogP contribution in [0.3, 0.4) is 0 Å². The highest BCUT2D eigenvalue weighted by molar-refractivity contribution is 5.92. The van der Waals surface area contributed by atoms with E-state index in [9.17, 15) is 9.59 Å². The fourth-order valence-electron chi connectivity index (χ4n) is 5.53. The van der Waals surface area contributed by atoms with Gasteiger partial charge in [-0.05, 0) is 32.6 Å². The molecule has 0 saturated carbocycles. The molecule has 4 heterocycles. The summed E-state index contributed by atoms with van der Waals surface area (Å²) in [5.74, 6) is -0.678. The van der Waals surface area contributed by atoms with Gasteiger partial charge in [0.05, 0.1) is 0 Å². The monoisotopic (exact) mass is 662 g/mol. The normalized spacial score (nSPS) is 11.5. The Morgan fingerprint density at radius 3 is 1.02 bits per heavy atom. The lowest BCUT2D eigenvalue weighted by Gasteiger charge is -2.35. The molecule has 0 bridgehead atoms. The second-order valence-corrected chi connectivity index (χ2v) is 11.2. The minimum atomic E-state index is -1.29. The molecule has 0 atom stereocenters. The second kappa shape index (κ2) is 14.9. The molecular weight excluding hydrogens is 624 g/mol. The SMILES string of the molecule is CC(=O)CC(CCc1nc(N)nc(N)n1)(CCc1nc(N)nc(N)n1)C(=O)C(CCc1nc(N)nc(N)n1)CCc1nc(N)nc(N)n1. The summed E-state index contributed by atoms with van der Waals surface area (Å²) in [6.07, 6.45) is 1.24. The molecule has 0 aromatic carbocycles. The number of anilines is 8. The summed E-state index contributed by atoms with van der Waals surface area (Å²) in [6, 6.07) is 0. The first-order valence-corrected chi connectivity index (χ1v) is 14.8. The molecule has 0 aliphatic heterocycles. The van der Waals surface area contributed by atoms with Crippen molar-refractivity contribution in [3.8, 4) is 0 Å². The maximum absolute atomic E-state index is 15.0. The van der Waals surface area contributed by atoms with Gasteiger partial charge in [-0.25, -0.2) is 0 Å². The molecular formula is C26H38N20O2. The van der Waals surface area contributed by atoms with Gasteiger partial charge in [0.15, 0.2) is 0 Å². The number of ketones is 2. The summed E-state index contributed by atoms with van der Waals surface area (Å²) in [6.45, 7) is 1.40. The summed E-state index contributed by atoms with van der Waals surface area (Å²) in [5, 5.41) is 0. The molecule has 22 heteroatoms. The molecule has 22 nitrogen and oxygen atoms in total. The molecule has 0 amide bonds. The number of hydrogen-bond acceptors (Lipinski definition) is 22. The maximum atomic E-state index is 15.0. The third-order valence-corrected chi connectivity index (χ3v) is 7.43. The van der Waals surface area contributed by atoms with E-state index < -0.39 is 11.3 Å². The summed E-state index contributed by atoms with van der Waals surface area (Å²) in [5.41, 5.74) is 45.1. The van der Waals surface area contributed by atoms with Crippen LogP contribution in [0.25, 0.3) is 0 Å². The number of Topliss-reactive ketones (excluding diaryl/α,β-unsaturated/α-hetero) is 2. The highest BCUT2D eigenvalue weighted by atomic mass is 16.1. The zero-order valence-corrected chi connectivity index (χ0v) is 26.2. The average molecular weight is 663 g/mol. The van der Waals surface area contributed by atoms with Crippen LogP contribution >= 0.6 is 0 Å². The summed E-state index contributed by atoms with van der Waals surface area (Å²) >= 11 is 0. The lowest BCUT2D eigenvalue weighted by Crippen LogP contribution is -2.40. The summed E-state index contributed by atoms with van der Waals surface area (Å²) < 4.78 is 0. The number of nitrogen functional groups attached to an aromatic ring is 8. The van der Waals surface area contributed by atoms with Crippen LogP contribution in [0, 0.1) is 11.3 Å². The van der Waals surface area contributed by atoms with Gasteiger partial charge in [0.2, 0.25) is 47.6 Å². The van der Waals surface area contributed by atoms with Gasteiger partial charge < -0.3 is 45.9 Å². The minimum Gasteiger partial charge on any atom is -0.368 e. The first kappa shape index (κ1) is 34.6. The van der Waals surface area contributed by atoms with Crippen LogP contribution in [-0.2, 0) is 35.3 Å². The Labute approximate surface area is 273 Å². The zero-order chi connectivity index (χ0) is 35.0. The van der Waals surface area contributed by atoms with Gasteiger partial charge >= 0.3 is 0 Å². The molecule has 4 aromatic heterocycles. The molecule has 48 heavy (non-hydrogen) atoms. The number of rotatable bonds is 16. The fraction of sp³-hybridized carbons (Fsp3) is 0.462. The molecule has 0 saturated heterocycles. The molecule has 0 radical (unpaired) electrons. The number of aromatic nitrogens is 12. The van der Waals surface area contributed by atoms with Crippen LogP contribution in [0.4, 0.5) is 47.6 Å². The van der Waals surface area contributed by atoms with Crippen molar-refractivity contribution < 1.29 is 9.59 Å². The van der Waals surface area contributed by atoms with Crippen molar-refractivity contribution >= 4 is 59.2 Å². The first-order valence-electron chi connectivity index (χ1n) is 14.8. The van der Waals surface area contributed by atoms with E-state index in [0.717, 1.165) is 0 Å². The van der Waals surface area contributed by atoms with Crippen molar-refractivity contribution in [1.29, 1.82) is 0 Å². The van der Waals surface area contributed by atoms with E-state index >= 15 is 0 Å². The van der Waals surface area contributed by atoms with E-state index in [1.807, 2.05) is 0 Å². The largest absolute Gasteiger partial charge is 0.368 e. The number of nitrogens with two attached hydrogens (primary N) is 8. The number of nitrogens with zero attached hydrogens (tertiary/aromatic N) is 12. The van der Waals surface area contributed by atoms with E-state index in [0.29, 0.717) is 0 Å². The molecule has 4 rings (SSSR count). The van der Waals surface area contributed by atoms with E-state index in [1.165, 1.54) is 6.92 Å². The molecule has 0 aliphatic rings. The van der Waals surface area contributed by atoms with E-state index in [2.05, 4.69) is 59.8 Å². The molecule has 0 aliphatic carbocycles. The van der Waals surface area contributed by atoms with Crippen LogP contribution in [0.15, 0.2) is 0 Å². The average Bonchev–Trinajstić information content (AvgIpc) is 2.96. The third kappa shape index (κ3) is 9.64. The second-order valence-electron chi connectivity index (χ2n) is 11.2. The number of aryl methyl sites for hydroxylation is 4. The molecule has 0 spiro atoms. The minimum absolute atomic E-state index is 0.0609. The van der Waals surface area contributed by atoms with Gasteiger partial charge in [0.25, 0.3) is 0 Å². The lowest BCUT2D eigenvalue weighted by molar-refractivity contribution is -0.138. The Bertz CT molecular complexity index is 1590. The van der Waals surface area contributed by atoms with Gasteiger partial charge in [-0.1, -0.05) is 0 Å². The topological polar surface area (TPSA) is 397 Å². The molecule has 16 N–H and O–H groups in total. The Balaban J connectivity index is 1.74. The summed E-state index contributed by atoms with van der Waals surface area (Å²) in [7, 11) is 0. The van der Waals surface area contributed by atoms with Crippen LogP contribution in [-0.4, -0.2) is 71.4 Å². The lowest BCUT2D eigenvalue weighted by atomic mass is 9.67. The Hall–Kier alpha value is -6.22. The van der Waals surface area contributed by atoms with Crippen LogP contribution in [0.2, 0.25) is 0 Å². The van der Waals surface area contributed by atoms with Crippen molar-refractivity contribution in [1.82, 2.24) is 59.8 Å². The van der Waals surface area contributed by atoms with Gasteiger partial charge in [-0.15, -0.1) is 0 Å². The number of carbonyl (C=O) groups is 2. The van der Waals surface area contributed by atoms with Crippen molar-refractivity contribution in [3.63, 3.8) is 0 Å². The number of hydrogen-bond donors (Lipinski definition) is 8. The van der Waals surface area contributed by atoms with Gasteiger partial charge in [0.1, 0.15) is 34.9 Å². The van der Waals surface area contributed by atoms with Crippen molar-refractivity contribution in [2.24, 2.45) is 11.3 Å². The smallest absolute Gasteiger partial charge is 0.225 e. The third-order valence-electron chi connectivity index (χ3n) is 7.43. The molecule has 0 unspecified atom stereocenters. The molecule has 0 fully saturated rings. The van der Waals surface area contributed by atoms with Gasteiger partial charge in [-0.3, -0.25) is 9.59 Å². The predicted octanol–water partition coefficient (Wildman–Crippen LogP) is -1.93. The summed E-state index contributed by atoms with van der Waals surface area (Å²) in [4.78, 5) is 76.4. The number of carbonyl (C=O) groups excluding carboxylic acids is 2. The zero-order valence-electron chi connectivity index (χ0n) is 26.2. The van der Waals surface area contributed by atoms with Crippen LogP contribution in [0.5, 0.6) is 0 Å².